The minimum atomic E-state index is -0.587. The number of para-hydroxylation sites is 1. The largest absolute Gasteiger partial charge is 0.376 e. The number of hydrogen-bond acceptors (Lipinski definition) is 4. The molecule has 1 saturated heterocycles. The Morgan fingerprint density at radius 3 is 2.95 bits per heavy atom. The van der Waals surface area contributed by atoms with Crippen LogP contribution in [-0.2, 0) is 16.1 Å². The van der Waals surface area contributed by atoms with Crippen LogP contribution in [0.2, 0.25) is 0 Å². The first kappa shape index (κ1) is 14.5. The number of fused-ring (bicyclic) bond motifs is 1. The fourth-order valence-electron chi connectivity index (χ4n) is 2.58. The standard InChI is InChI=1S/C15H17N3O4/c19-13(16-8-10-4-3-7-22-10)9-18-14(20)11-5-1-2-6-12(11)17-15(18)21/h1-2,5-6,10H,3-4,7-9H2,(H,16,19)(H,17,21). The number of carbonyl (C=O) groups excluding carboxylic acids is 1. The maximum Gasteiger partial charge on any atom is 0.329 e. The predicted molar refractivity (Wildman–Crippen MR) is 80.8 cm³/mol. The predicted octanol–water partition coefficient (Wildman–Crippen LogP) is -0.0150. The van der Waals surface area contributed by atoms with E-state index in [0.29, 0.717) is 24.1 Å². The van der Waals surface area contributed by atoms with Gasteiger partial charge in [-0.15, -0.1) is 0 Å². The molecular weight excluding hydrogens is 286 g/mol. The lowest BCUT2D eigenvalue weighted by Crippen LogP contribution is -2.42. The number of carbonyl (C=O) groups is 1. The Balaban J connectivity index is 1.77. The van der Waals surface area contributed by atoms with Gasteiger partial charge in [-0.3, -0.25) is 14.2 Å². The van der Waals surface area contributed by atoms with Crippen LogP contribution in [-0.4, -0.2) is 34.7 Å². The summed E-state index contributed by atoms with van der Waals surface area (Å²) in [6.45, 7) is 0.815. The third kappa shape index (κ3) is 2.94. The second-order valence-electron chi connectivity index (χ2n) is 5.31. The van der Waals surface area contributed by atoms with Gasteiger partial charge in [0.05, 0.1) is 17.0 Å². The van der Waals surface area contributed by atoms with Crippen LogP contribution in [0.5, 0.6) is 0 Å². The van der Waals surface area contributed by atoms with E-state index in [-0.39, 0.29) is 18.6 Å². The summed E-state index contributed by atoms with van der Waals surface area (Å²) in [5.41, 5.74) is -0.587. The van der Waals surface area contributed by atoms with Crippen LogP contribution in [0, 0.1) is 0 Å². The van der Waals surface area contributed by atoms with Gasteiger partial charge in [0.25, 0.3) is 5.56 Å². The minimum absolute atomic E-state index is 0.0237. The molecule has 1 unspecified atom stereocenters. The SMILES string of the molecule is O=C(Cn1c(=O)[nH]c2ccccc2c1=O)NCC1CCCO1. The van der Waals surface area contributed by atoms with Crippen molar-refractivity contribution in [1.82, 2.24) is 14.9 Å². The molecule has 7 nitrogen and oxygen atoms in total. The van der Waals surface area contributed by atoms with Gasteiger partial charge in [-0.1, -0.05) is 12.1 Å². The zero-order valence-electron chi connectivity index (χ0n) is 12.0. The average Bonchev–Trinajstić information content (AvgIpc) is 3.03. The second kappa shape index (κ2) is 6.15. The number of aromatic amines is 1. The summed E-state index contributed by atoms with van der Waals surface area (Å²) in [4.78, 5) is 38.8. The molecule has 3 rings (SSSR count). The van der Waals surface area contributed by atoms with E-state index >= 15 is 0 Å². The highest BCUT2D eigenvalue weighted by atomic mass is 16.5. The molecule has 1 amide bonds. The number of amides is 1. The molecule has 0 aliphatic carbocycles. The van der Waals surface area contributed by atoms with Gasteiger partial charge in [-0.2, -0.15) is 0 Å². The van der Waals surface area contributed by atoms with Crippen molar-refractivity contribution in [1.29, 1.82) is 0 Å². The Hall–Kier alpha value is -2.41. The van der Waals surface area contributed by atoms with Gasteiger partial charge in [-0.25, -0.2) is 4.79 Å². The monoisotopic (exact) mass is 303 g/mol. The number of H-pyrrole nitrogens is 1. The molecule has 0 radical (unpaired) electrons. The lowest BCUT2D eigenvalue weighted by atomic mass is 10.2. The Morgan fingerprint density at radius 2 is 2.18 bits per heavy atom. The first-order valence-electron chi connectivity index (χ1n) is 7.25. The highest BCUT2D eigenvalue weighted by Crippen LogP contribution is 2.10. The quantitative estimate of drug-likeness (QED) is 0.830. The van der Waals surface area contributed by atoms with Gasteiger partial charge >= 0.3 is 5.69 Å². The third-order valence-electron chi connectivity index (χ3n) is 3.74. The van der Waals surface area contributed by atoms with Crippen LogP contribution in [0.3, 0.4) is 0 Å². The van der Waals surface area contributed by atoms with Crippen LogP contribution in [0.25, 0.3) is 10.9 Å². The molecule has 1 fully saturated rings. The van der Waals surface area contributed by atoms with Crippen LogP contribution in [0.1, 0.15) is 12.8 Å². The van der Waals surface area contributed by atoms with Crippen LogP contribution in [0.15, 0.2) is 33.9 Å². The van der Waals surface area contributed by atoms with Crippen LogP contribution >= 0.6 is 0 Å². The van der Waals surface area contributed by atoms with Crippen molar-refractivity contribution < 1.29 is 9.53 Å². The van der Waals surface area contributed by atoms with Gasteiger partial charge < -0.3 is 15.0 Å². The van der Waals surface area contributed by atoms with Crippen molar-refractivity contribution in [2.45, 2.75) is 25.5 Å². The van der Waals surface area contributed by atoms with E-state index in [0.717, 1.165) is 17.4 Å². The van der Waals surface area contributed by atoms with E-state index in [2.05, 4.69) is 10.3 Å². The van der Waals surface area contributed by atoms with Crippen LogP contribution < -0.4 is 16.6 Å². The van der Waals surface area contributed by atoms with E-state index in [9.17, 15) is 14.4 Å². The Kier molecular flexibility index (Phi) is 4.06. The normalized spacial score (nSPS) is 17.7. The molecular formula is C15H17N3O4. The van der Waals surface area contributed by atoms with Crippen LogP contribution in [0.4, 0.5) is 0 Å². The second-order valence-corrected chi connectivity index (χ2v) is 5.31. The first-order chi connectivity index (χ1) is 10.6. The summed E-state index contributed by atoms with van der Waals surface area (Å²) in [7, 11) is 0. The molecule has 1 aliphatic rings. The zero-order valence-corrected chi connectivity index (χ0v) is 12.0. The minimum Gasteiger partial charge on any atom is -0.376 e. The van der Waals surface area contributed by atoms with Crippen molar-refractivity contribution in [2.75, 3.05) is 13.2 Å². The topological polar surface area (TPSA) is 93.2 Å². The molecule has 1 aliphatic heterocycles. The summed E-state index contributed by atoms with van der Waals surface area (Å²) < 4.78 is 6.32. The fraction of sp³-hybridized carbons (Fsp3) is 0.400. The van der Waals surface area contributed by atoms with Crippen molar-refractivity contribution in [3.8, 4) is 0 Å². The highest BCUT2D eigenvalue weighted by Gasteiger charge is 2.17. The van der Waals surface area contributed by atoms with Gasteiger partial charge in [0.1, 0.15) is 6.54 Å². The molecule has 2 aromatic rings. The average molecular weight is 303 g/mol. The number of rotatable bonds is 4. The molecule has 0 saturated carbocycles. The first-order valence-corrected chi connectivity index (χ1v) is 7.25. The molecule has 2 N–H and O–H groups in total. The highest BCUT2D eigenvalue weighted by molar-refractivity contribution is 5.78. The molecule has 1 atom stereocenters. The van der Waals surface area contributed by atoms with Gasteiger partial charge in [0, 0.05) is 13.2 Å². The summed E-state index contributed by atoms with van der Waals surface area (Å²) in [5.74, 6) is -0.376. The van der Waals surface area contributed by atoms with E-state index in [4.69, 9.17) is 4.74 Å². The molecule has 22 heavy (non-hydrogen) atoms. The summed E-state index contributed by atoms with van der Waals surface area (Å²) >= 11 is 0. The van der Waals surface area contributed by atoms with E-state index in [1.807, 2.05) is 0 Å². The van der Waals surface area contributed by atoms with Crippen molar-refractivity contribution >= 4 is 16.8 Å². The fourth-order valence-corrected chi connectivity index (χ4v) is 2.58. The van der Waals surface area contributed by atoms with Crippen molar-refractivity contribution in [3.05, 3.63) is 45.1 Å². The van der Waals surface area contributed by atoms with Crippen molar-refractivity contribution in [3.63, 3.8) is 0 Å². The molecule has 1 aromatic carbocycles. The molecule has 116 valence electrons. The lowest BCUT2D eigenvalue weighted by molar-refractivity contribution is -0.122. The Labute approximate surface area is 125 Å². The van der Waals surface area contributed by atoms with Gasteiger partial charge in [0.2, 0.25) is 5.91 Å². The maximum atomic E-state index is 12.3. The van der Waals surface area contributed by atoms with Crippen molar-refractivity contribution in [2.24, 2.45) is 0 Å². The summed E-state index contributed by atoms with van der Waals surface area (Å²) in [5, 5.41) is 3.08. The third-order valence-corrected chi connectivity index (χ3v) is 3.74. The van der Waals surface area contributed by atoms with E-state index in [1.54, 1.807) is 24.3 Å². The summed E-state index contributed by atoms with van der Waals surface area (Å²) in [6.07, 6.45) is 1.93. The molecule has 7 heteroatoms. The summed E-state index contributed by atoms with van der Waals surface area (Å²) in [6, 6.07) is 6.72. The number of ether oxygens (including phenoxy) is 1. The molecule has 2 heterocycles. The van der Waals surface area contributed by atoms with E-state index in [1.165, 1.54) is 0 Å². The smallest absolute Gasteiger partial charge is 0.329 e. The number of hydrogen-bond donors (Lipinski definition) is 2. The van der Waals surface area contributed by atoms with Gasteiger partial charge in [-0.05, 0) is 25.0 Å². The molecule has 1 aromatic heterocycles. The molecule has 0 bridgehead atoms. The van der Waals surface area contributed by atoms with Gasteiger partial charge in [0.15, 0.2) is 0 Å². The number of nitrogens with zero attached hydrogens (tertiary/aromatic N) is 1. The van der Waals surface area contributed by atoms with E-state index < -0.39 is 11.2 Å². The number of benzene rings is 1. The number of nitrogens with one attached hydrogen (secondary N) is 2. The lowest BCUT2D eigenvalue weighted by Gasteiger charge is -2.11. The maximum absolute atomic E-state index is 12.3. The number of aromatic nitrogens is 2. The molecule has 0 spiro atoms. The Bertz CT molecular complexity index is 802. The Morgan fingerprint density at radius 1 is 1.36 bits per heavy atom. The zero-order chi connectivity index (χ0) is 15.5.